The topological polar surface area (TPSA) is 38.0 Å². The first-order valence-electron chi connectivity index (χ1n) is 5.36. The van der Waals surface area contributed by atoms with Crippen molar-refractivity contribution in [2.75, 3.05) is 0 Å². The van der Waals surface area contributed by atoms with E-state index in [2.05, 4.69) is 41.7 Å². The third-order valence-corrected chi connectivity index (χ3v) is 3.44. The number of fused-ring (bicyclic) bond motifs is 1. The molecule has 1 aliphatic heterocycles. The molecule has 2 heterocycles. The maximum atomic E-state index is 10.0. The van der Waals surface area contributed by atoms with Crippen LogP contribution in [0.4, 0.5) is 0 Å². The van der Waals surface area contributed by atoms with E-state index in [-0.39, 0.29) is 5.41 Å². The van der Waals surface area contributed by atoms with Gasteiger partial charge in [-0.3, -0.25) is 0 Å². The fourth-order valence-corrected chi connectivity index (χ4v) is 2.65. The van der Waals surface area contributed by atoms with Gasteiger partial charge in [0.05, 0.1) is 5.69 Å². The summed E-state index contributed by atoms with van der Waals surface area (Å²) in [6.07, 6.45) is 2.47. The van der Waals surface area contributed by atoms with E-state index >= 15 is 0 Å². The largest absolute Gasteiger partial charge is 0.373 e. The van der Waals surface area contributed by atoms with Crippen molar-refractivity contribution in [1.29, 1.82) is 0 Å². The van der Waals surface area contributed by atoms with Crippen molar-refractivity contribution in [3.63, 3.8) is 0 Å². The number of halogens is 1. The lowest BCUT2D eigenvalue weighted by Crippen LogP contribution is -2.25. The molecule has 0 spiro atoms. The average Bonchev–Trinajstić information content (AvgIpc) is 2.45. The molecule has 1 aromatic rings. The first kappa shape index (κ1) is 11.1. The van der Waals surface area contributed by atoms with Crippen LogP contribution in [0.1, 0.15) is 51.4 Å². The number of hydrogen-bond donors (Lipinski definition) is 1. The molecule has 2 rings (SSSR count). The smallest absolute Gasteiger partial charge is 0.132 e. The van der Waals surface area contributed by atoms with Crippen molar-refractivity contribution >= 4 is 15.9 Å². The highest BCUT2D eigenvalue weighted by Crippen LogP contribution is 2.34. The van der Waals surface area contributed by atoms with Crippen LogP contribution in [0.5, 0.6) is 0 Å². The molecule has 0 saturated carbocycles. The highest BCUT2D eigenvalue weighted by molar-refractivity contribution is 9.10. The molecule has 0 radical (unpaired) electrons. The van der Waals surface area contributed by atoms with Crippen molar-refractivity contribution < 1.29 is 5.11 Å². The van der Waals surface area contributed by atoms with Crippen LogP contribution in [-0.4, -0.2) is 14.7 Å². The number of aliphatic hydroxyl groups excluding tert-OH is 1. The van der Waals surface area contributed by atoms with E-state index in [0.29, 0.717) is 0 Å². The zero-order chi connectivity index (χ0) is 11.2. The summed E-state index contributed by atoms with van der Waals surface area (Å²) < 4.78 is 2.89. The number of aromatic nitrogens is 2. The molecule has 0 aliphatic carbocycles. The quantitative estimate of drug-likeness (QED) is 0.789. The SMILES string of the molecule is CC(C)(C)c1nc(Br)c2n1C(O)CCC2. The van der Waals surface area contributed by atoms with Gasteiger partial charge in [0.25, 0.3) is 0 Å². The second kappa shape index (κ2) is 3.59. The molecule has 1 atom stereocenters. The number of nitrogens with zero attached hydrogens (tertiary/aromatic N) is 2. The van der Waals surface area contributed by atoms with E-state index in [4.69, 9.17) is 0 Å². The lowest BCUT2D eigenvalue weighted by atomic mass is 9.95. The van der Waals surface area contributed by atoms with Crippen molar-refractivity contribution in [3.05, 3.63) is 16.1 Å². The van der Waals surface area contributed by atoms with Crippen LogP contribution in [-0.2, 0) is 11.8 Å². The van der Waals surface area contributed by atoms with Gasteiger partial charge in [-0.2, -0.15) is 0 Å². The van der Waals surface area contributed by atoms with Gasteiger partial charge in [0, 0.05) is 5.41 Å². The van der Waals surface area contributed by atoms with Crippen LogP contribution >= 0.6 is 15.9 Å². The highest BCUT2D eigenvalue weighted by Gasteiger charge is 2.30. The van der Waals surface area contributed by atoms with Crippen LogP contribution in [0.15, 0.2) is 4.60 Å². The normalized spacial score (nSPS) is 21.5. The Morgan fingerprint density at radius 1 is 1.47 bits per heavy atom. The summed E-state index contributed by atoms with van der Waals surface area (Å²) in [5, 5.41) is 10.0. The van der Waals surface area contributed by atoms with Gasteiger partial charge in [0.2, 0.25) is 0 Å². The van der Waals surface area contributed by atoms with Gasteiger partial charge < -0.3 is 9.67 Å². The number of rotatable bonds is 0. The van der Waals surface area contributed by atoms with E-state index in [9.17, 15) is 5.11 Å². The summed E-state index contributed by atoms with van der Waals surface area (Å²) in [7, 11) is 0. The summed E-state index contributed by atoms with van der Waals surface area (Å²) in [5.41, 5.74) is 1.11. The molecule has 0 fully saturated rings. The van der Waals surface area contributed by atoms with Crippen LogP contribution in [0.25, 0.3) is 0 Å². The maximum Gasteiger partial charge on any atom is 0.132 e. The molecular weight excluding hydrogens is 256 g/mol. The van der Waals surface area contributed by atoms with Gasteiger partial charge in [-0.15, -0.1) is 0 Å². The molecular formula is C11H17BrN2O. The zero-order valence-corrected chi connectivity index (χ0v) is 11.0. The lowest BCUT2D eigenvalue weighted by Gasteiger charge is -2.27. The highest BCUT2D eigenvalue weighted by atomic mass is 79.9. The zero-order valence-electron chi connectivity index (χ0n) is 9.42. The van der Waals surface area contributed by atoms with E-state index in [1.807, 2.05) is 4.57 Å². The minimum absolute atomic E-state index is 0.0287. The van der Waals surface area contributed by atoms with Gasteiger partial charge in [0.1, 0.15) is 16.7 Å². The predicted molar refractivity (Wildman–Crippen MR) is 62.8 cm³/mol. The second-order valence-electron chi connectivity index (χ2n) is 5.17. The molecule has 4 heteroatoms. The molecule has 0 aromatic carbocycles. The Morgan fingerprint density at radius 2 is 2.13 bits per heavy atom. The molecule has 0 saturated heterocycles. The Bertz CT molecular complexity index is 379. The summed E-state index contributed by atoms with van der Waals surface area (Å²) >= 11 is 3.48. The molecule has 84 valence electrons. The van der Waals surface area contributed by atoms with Gasteiger partial charge in [0.15, 0.2) is 0 Å². The Labute approximate surface area is 98.6 Å². The molecule has 1 aliphatic rings. The number of hydrogen-bond acceptors (Lipinski definition) is 2. The fourth-order valence-electron chi connectivity index (χ4n) is 2.09. The Balaban J connectivity index is 2.58. The average molecular weight is 273 g/mol. The fraction of sp³-hybridized carbons (Fsp3) is 0.727. The van der Waals surface area contributed by atoms with Gasteiger partial charge in [-0.25, -0.2) is 4.98 Å². The summed E-state index contributed by atoms with van der Waals surface area (Å²) in [4.78, 5) is 4.53. The predicted octanol–water partition coefficient (Wildman–Crippen LogP) is 2.77. The molecule has 0 bridgehead atoms. The minimum atomic E-state index is -0.401. The van der Waals surface area contributed by atoms with Crippen molar-refractivity contribution in [2.45, 2.75) is 51.7 Å². The first-order valence-corrected chi connectivity index (χ1v) is 6.15. The molecule has 0 amide bonds. The second-order valence-corrected chi connectivity index (χ2v) is 5.92. The van der Waals surface area contributed by atoms with Crippen molar-refractivity contribution in [2.24, 2.45) is 0 Å². The van der Waals surface area contributed by atoms with E-state index in [0.717, 1.165) is 35.4 Å². The van der Waals surface area contributed by atoms with Crippen LogP contribution in [0, 0.1) is 0 Å². The first-order chi connectivity index (χ1) is 6.91. The van der Waals surface area contributed by atoms with E-state index in [1.54, 1.807) is 0 Å². The Hall–Kier alpha value is -0.350. The third-order valence-electron chi connectivity index (χ3n) is 2.81. The van der Waals surface area contributed by atoms with Gasteiger partial charge >= 0.3 is 0 Å². The standard InChI is InChI=1S/C11H17BrN2O/c1-11(2,3)10-13-9(12)7-5-4-6-8(15)14(7)10/h8,15H,4-6H2,1-3H3. The molecule has 3 nitrogen and oxygen atoms in total. The molecule has 1 unspecified atom stereocenters. The van der Waals surface area contributed by atoms with Crippen LogP contribution in [0.3, 0.4) is 0 Å². The number of imidazole rings is 1. The van der Waals surface area contributed by atoms with Gasteiger partial charge in [-0.1, -0.05) is 20.8 Å². The molecule has 1 N–H and O–H groups in total. The van der Waals surface area contributed by atoms with Crippen molar-refractivity contribution in [1.82, 2.24) is 9.55 Å². The Morgan fingerprint density at radius 3 is 2.73 bits per heavy atom. The monoisotopic (exact) mass is 272 g/mol. The maximum absolute atomic E-state index is 10.0. The number of aliphatic hydroxyl groups is 1. The van der Waals surface area contributed by atoms with Crippen LogP contribution in [0.2, 0.25) is 0 Å². The summed E-state index contributed by atoms with van der Waals surface area (Å²) in [6.45, 7) is 6.36. The van der Waals surface area contributed by atoms with E-state index in [1.165, 1.54) is 0 Å². The molecule has 1 aromatic heterocycles. The summed E-state index contributed by atoms with van der Waals surface area (Å²) in [5.74, 6) is 0.969. The lowest BCUT2D eigenvalue weighted by molar-refractivity contribution is 0.0726. The van der Waals surface area contributed by atoms with Crippen molar-refractivity contribution in [3.8, 4) is 0 Å². The van der Waals surface area contributed by atoms with Gasteiger partial charge in [-0.05, 0) is 35.2 Å². The molecule has 15 heavy (non-hydrogen) atoms. The van der Waals surface area contributed by atoms with Crippen LogP contribution < -0.4 is 0 Å². The summed E-state index contributed by atoms with van der Waals surface area (Å²) in [6, 6.07) is 0. The Kier molecular flexibility index (Phi) is 2.67. The minimum Gasteiger partial charge on any atom is -0.373 e. The third kappa shape index (κ3) is 1.85. The van der Waals surface area contributed by atoms with E-state index < -0.39 is 6.23 Å².